The summed E-state index contributed by atoms with van der Waals surface area (Å²) in [6.07, 6.45) is 1.41. The maximum absolute atomic E-state index is 12.2. The lowest BCUT2D eigenvalue weighted by molar-refractivity contribution is -0.136. The number of nitrogens with one attached hydrogen (secondary N) is 1. The molecule has 0 saturated carbocycles. The number of benzene rings is 2. The first-order chi connectivity index (χ1) is 10.7. The molecule has 0 amide bonds. The van der Waals surface area contributed by atoms with Crippen LogP contribution in [0.2, 0.25) is 0 Å². The van der Waals surface area contributed by atoms with E-state index in [1.54, 1.807) is 20.2 Å². The molecule has 2 rings (SSSR count). The van der Waals surface area contributed by atoms with Gasteiger partial charge in [0.15, 0.2) is 0 Å². The van der Waals surface area contributed by atoms with Gasteiger partial charge in [-0.2, -0.15) is 0 Å². The topological polar surface area (TPSA) is 73.6 Å². The average molecular weight is 302 g/mol. The number of likely N-dealkylation sites (N-methyl/N-ethyl adjacent to an activating group) is 1. The summed E-state index contributed by atoms with van der Waals surface area (Å²) in [5.41, 5.74) is 5.49. The zero-order valence-corrected chi connectivity index (χ0v) is 13.0. The summed E-state index contributed by atoms with van der Waals surface area (Å²) in [5, 5.41) is 4.91. The first kappa shape index (κ1) is 16.3. The monoisotopic (exact) mass is 302 g/mol. The summed E-state index contributed by atoms with van der Waals surface area (Å²) >= 11 is 0. The minimum atomic E-state index is -0.360. The number of hydrogen-bond acceptors (Lipinski definition) is 5. The molecule has 3 N–H and O–H groups in total. The van der Waals surface area contributed by atoms with Gasteiger partial charge >= 0.3 is 5.97 Å². The molecule has 0 spiro atoms. The molecular weight excluding hydrogens is 280 g/mol. The summed E-state index contributed by atoms with van der Waals surface area (Å²) in [6.45, 7) is 0.551. The van der Waals surface area contributed by atoms with Crippen molar-refractivity contribution in [2.75, 3.05) is 20.7 Å². The van der Waals surface area contributed by atoms with Crippen molar-refractivity contribution in [2.24, 2.45) is 5.73 Å². The molecule has 0 unspecified atom stereocenters. The molecule has 0 heterocycles. The van der Waals surface area contributed by atoms with Crippen LogP contribution in [0.3, 0.4) is 0 Å². The molecule has 0 radical (unpaired) electrons. The Morgan fingerprint density at radius 1 is 1.32 bits per heavy atom. The van der Waals surface area contributed by atoms with Gasteiger partial charge in [0.2, 0.25) is 0 Å². The predicted octanol–water partition coefficient (Wildman–Crippen LogP) is 2.08. The van der Waals surface area contributed by atoms with E-state index in [-0.39, 0.29) is 12.0 Å². The Bertz CT molecular complexity index is 643. The highest BCUT2D eigenvalue weighted by Crippen LogP contribution is 2.31. The second kappa shape index (κ2) is 7.77. The van der Waals surface area contributed by atoms with Crippen molar-refractivity contribution < 1.29 is 14.3 Å². The minimum absolute atomic E-state index is 0.312. The number of methoxy groups -OCH3 is 1. The van der Waals surface area contributed by atoms with Crippen LogP contribution in [0.15, 0.2) is 36.4 Å². The fourth-order valence-electron chi connectivity index (χ4n) is 2.37. The SMILES string of the molecule is CN[C@@H](CCCN)C(=O)Oc1cc(OC)c2ccccc2c1. The van der Waals surface area contributed by atoms with Gasteiger partial charge in [0.1, 0.15) is 17.5 Å². The van der Waals surface area contributed by atoms with Crippen molar-refractivity contribution in [1.82, 2.24) is 5.32 Å². The van der Waals surface area contributed by atoms with Gasteiger partial charge in [-0.15, -0.1) is 0 Å². The standard InChI is InChI=1S/C17H22N2O3/c1-19-15(8-5-9-18)17(20)22-13-10-12-6-3-4-7-14(12)16(11-13)21-2/h3-4,6-7,10-11,15,19H,5,8-9,18H2,1-2H3/t15-/m0/s1. The Morgan fingerprint density at radius 3 is 2.77 bits per heavy atom. The Kier molecular flexibility index (Phi) is 5.75. The molecule has 1 atom stereocenters. The molecule has 5 nitrogen and oxygen atoms in total. The largest absolute Gasteiger partial charge is 0.496 e. The van der Waals surface area contributed by atoms with E-state index in [2.05, 4.69) is 5.32 Å². The Hall–Kier alpha value is -2.11. The van der Waals surface area contributed by atoms with Crippen LogP contribution in [0, 0.1) is 0 Å². The lowest BCUT2D eigenvalue weighted by Gasteiger charge is -2.15. The van der Waals surface area contributed by atoms with Crippen LogP contribution in [-0.2, 0) is 4.79 Å². The highest BCUT2D eigenvalue weighted by Gasteiger charge is 2.18. The van der Waals surface area contributed by atoms with Gasteiger partial charge in [-0.05, 0) is 37.9 Å². The number of hydrogen-bond donors (Lipinski definition) is 2. The van der Waals surface area contributed by atoms with E-state index in [1.807, 2.05) is 30.3 Å². The Balaban J connectivity index is 2.22. The van der Waals surface area contributed by atoms with Gasteiger partial charge in [-0.1, -0.05) is 24.3 Å². The van der Waals surface area contributed by atoms with Crippen LogP contribution < -0.4 is 20.5 Å². The molecule has 0 aliphatic carbocycles. The van der Waals surface area contributed by atoms with Gasteiger partial charge in [0, 0.05) is 11.5 Å². The van der Waals surface area contributed by atoms with Gasteiger partial charge < -0.3 is 20.5 Å². The highest BCUT2D eigenvalue weighted by molar-refractivity contribution is 5.90. The Morgan fingerprint density at radius 2 is 2.09 bits per heavy atom. The molecule has 22 heavy (non-hydrogen) atoms. The van der Waals surface area contributed by atoms with Crippen molar-refractivity contribution in [3.8, 4) is 11.5 Å². The van der Waals surface area contributed by atoms with Gasteiger partial charge in [0.05, 0.1) is 7.11 Å². The summed E-state index contributed by atoms with van der Waals surface area (Å²) in [4.78, 5) is 12.2. The van der Waals surface area contributed by atoms with Gasteiger partial charge in [-0.3, -0.25) is 0 Å². The van der Waals surface area contributed by atoms with Crippen LogP contribution in [0.25, 0.3) is 10.8 Å². The van der Waals surface area contributed by atoms with E-state index in [1.165, 1.54) is 0 Å². The van der Waals surface area contributed by atoms with E-state index in [4.69, 9.17) is 15.2 Å². The highest BCUT2D eigenvalue weighted by atomic mass is 16.5. The van der Waals surface area contributed by atoms with E-state index < -0.39 is 0 Å². The number of esters is 1. The van der Waals surface area contributed by atoms with E-state index in [0.717, 1.165) is 17.2 Å². The average Bonchev–Trinajstić information content (AvgIpc) is 2.54. The number of carbonyl (C=O) groups is 1. The van der Waals surface area contributed by atoms with Crippen molar-refractivity contribution in [3.63, 3.8) is 0 Å². The van der Waals surface area contributed by atoms with Crippen LogP contribution >= 0.6 is 0 Å². The van der Waals surface area contributed by atoms with Crippen LogP contribution in [-0.4, -0.2) is 32.7 Å². The zero-order chi connectivity index (χ0) is 15.9. The van der Waals surface area contributed by atoms with Crippen molar-refractivity contribution in [1.29, 1.82) is 0 Å². The normalized spacial score (nSPS) is 12.1. The Labute approximate surface area is 130 Å². The fraction of sp³-hybridized carbons (Fsp3) is 0.353. The minimum Gasteiger partial charge on any atom is -0.496 e. The molecule has 2 aromatic rings. The second-order valence-corrected chi connectivity index (χ2v) is 5.04. The summed E-state index contributed by atoms with van der Waals surface area (Å²) in [7, 11) is 3.34. The lowest BCUT2D eigenvalue weighted by atomic mass is 10.1. The number of fused-ring (bicyclic) bond motifs is 1. The van der Waals surface area contributed by atoms with Gasteiger partial charge in [-0.25, -0.2) is 4.79 Å². The number of carbonyl (C=O) groups excluding carboxylic acids is 1. The third-order valence-corrected chi connectivity index (χ3v) is 3.57. The van der Waals surface area contributed by atoms with Crippen LogP contribution in [0.5, 0.6) is 11.5 Å². The molecule has 0 aliphatic heterocycles. The van der Waals surface area contributed by atoms with E-state index in [9.17, 15) is 4.79 Å². The van der Waals surface area contributed by atoms with E-state index in [0.29, 0.717) is 24.5 Å². The fourth-order valence-corrected chi connectivity index (χ4v) is 2.37. The molecule has 2 aromatic carbocycles. The molecule has 0 aromatic heterocycles. The molecular formula is C17H22N2O3. The molecule has 0 fully saturated rings. The number of nitrogens with two attached hydrogens (primary N) is 1. The lowest BCUT2D eigenvalue weighted by Crippen LogP contribution is -2.37. The van der Waals surface area contributed by atoms with Crippen LogP contribution in [0.4, 0.5) is 0 Å². The summed E-state index contributed by atoms with van der Waals surface area (Å²) in [6, 6.07) is 11.0. The maximum Gasteiger partial charge on any atom is 0.328 e. The summed E-state index contributed by atoms with van der Waals surface area (Å²) in [5.74, 6) is 0.852. The third-order valence-electron chi connectivity index (χ3n) is 3.57. The van der Waals surface area contributed by atoms with Crippen molar-refractivity contribution >= 4 is 16.7 Å². The molecule has 0 bridgehead atoms. The molecule has 118 valence electrons. The first-order valence-electron chi connectivity index (χ1n) is 7.35. The number of rotatable bonds is 7. The molecule has 5 heteroatoms. The smallest absolute Gasteiger partial charge is 0.328 e. The first-order valence-corrected chi connectivity index (χ1v) is 7.35. The quantitative estimate of drug-likeness (QED) is 0.605. The zero-order valence-electron chi connectivity index (χ0n) is 13.0. The molecule has 0 saturated heterocycles. The van der Waals surface area contributed by atoms with Gasteiger partial charge in [0.25, 0.3) is 0 Å². The van der Waals surface area contributed by atoms with Crippen LogP contribution in [0.1, 0.15) is 12.8 Å². The second-order valence-electron chi connectivity index (χ2n) is 5.04. The third kappa shape index (κ3) is 3.75. The summed E-state index contributed by atoms with van der Waals surface area (Å²) < 4.78 is 10.9. The maximum atomic E-state index is 12.2. The van der Waals surface area contributed by atoms with Crippen molar-refractivity contribution in [3.05, 3.63) is 36.4 Å². The number of ether oxygens (including phenoxy) is 2. The predicted molar refractivity (Wildman–Crippen MR) is 87.3 cm³/mol. The molecule has 0 aliphatic rings. The van der Waals surface area contributed by atoms with E-state index >= 15 is 0 Å². The van der Waals surface area contributed by atoms with Crippen molar-refractivity contribution in [2.45, 2.75) is 18.9 Å².